The zero-order valence-corrected chi connectivity index (χ0v) is 17.5. The first-order valence-corrected chi connectivity index (χ1v) is 9.48. The SMILES string of the molecule is CCOC(=O)C1=C(COC(=O)COc2ccc(C(C)(C)C)cc2)NC(=O)N[C@@H]1C. The first-order valence-electron chi connectivity index (χ1n) is 9.48. The van der Waals surface area contributed by atoms with Gasteiger partial charge in [-0.05, 0) is 37.0 Å². The minimum absolute atomic E-state index is 0.0260. The molecule has 1 atom stereocenters. The molecule has 2 N–H and O–H groups in total. The summed E-state index contributed by atoms with van der Waals surface area (Å²) in [4.78, 5) is 35.9. The van der Waals surface area contributed by atoms with E-state index in [1.165, 1.54) is 0 Å². The molecule has 0 unspecified atom stereocenters. The van der Waals surface area contributed by atoms with E-state index in [4.69, 9.17) is 14.2 Å². The van der Waals surface area contributed by atoms with Crippen LogP contribution in [0.2, 0.25) is 0 Å². The number of ether oxygens (including phenoxy) is 3. The molecule has 2 rings (SSSR count). The Bertz CT molecular complexity index is 792. The van der Waals surface area contributed by atoms with Crippen LogP contribution in [0.5, 0.6) is 5.75 Å². The number of nitrogens with one attached hydrogen (secondary N) is 2. The Morgan fingerprint density at radius 3 is 2.34 bits per heavy atom. The van der Waals surface area contributed by atoms with Gasteiger partial charge in [0, 0.05) is 0 Å². The number of hydrogen-bond donors (Lipinski definition) is 2. The highest BCUT2D eigenvalue weighted by atomic mass is 16.6. The largest absolute Gasteiger partial charge is 0.482 e. The van der Waals surface area contributed by atoms with Gasteiger partial charge in [0.15, 0.2) is 6.61 Å². The van der Waals surface area contributed by atoms with Gasteiger partial charge in [0.25, 0.3) is 0 Å². The Labute approximate surface area is 170 Å². The van der Waals surface area contributed by atoms with Crippen molar-refractivity contribution in [2.24, 2.45) is 0 Å². The van der Waals surface area contributed by atoms with Gasteiger partial charge in [0.05, 0.1) is 23.9 Å². The summed E-state index contributed by atoms with van der Waals surface area (Å²) in [6.07, 6.45) is 0. The molecule has 29 heavy (non-hydrogen) atoms. The lowest BCUT2D eigenvalue weighted by atomic mass is 9.87. The normalized spacial score (nSPS) is 16.6. The van der Waals surface area contributed by atoms with Crippen molar-refractivity contribution in [3.05, 3.63) is 41.1 Å². The van der Waals surface area contributed by atoms with Crippen LogP contribution in [-0.2, 0) is 24.5 Å². The molecule has 1 aliphatic rings. The van der Waals surface area contributed by atoms with Crippen molar-refractivity contribution < 1.29 is 28.6 Å². The molecule has 158 valence electrons. The van der Waals surface area contributed by atoms with Crippen molar-refractivity contribution in [2.75, 3.05) is 19.8 Å². The summed E-state index contributed by atoms with van der Waals surface area (Å²) in [5.74, 6) is -0.653. The molecular formula is C21H28N2O6. The third-order valence-electron chi connectivity index (χ3n) is 4.32. The van der Waals surface area contributed by atoms with Crippen LogP contribution in [-0.4, -0.2) is 43.8 Å². The van der Waals surface area contributed by atoms with E-state index >= 15 is 0 Å². The van der Waals surface area contributed by atoms with Crippen LogP contribution in [0.1, 0.15) is 40.2 Å². The maximum absolute atomic E-state index is 12.1. The molecule has 0 radical (unpaired) electrons. The van der Waals surface area contributed by atoms with Gasteiger partial charge in [-0.2, -0.15) is 0 Å². The number of rotatable bonds is 7. The minimum atomic E-state index is -0.624. The summed E-state index contributed by atoms with van der Waals surface area (Å²) < 4.78 is 15.6. The van der Waals surface area contributed by atoms with Crippen molar-refractivity contribution in [1.29, 1.82) is 0 Å². The van der Waals surface area contributed by atoms with E-state index in [1.807, 2.05) is 12.1 Å². The molecule has 2 amide bonds. The molecule has 0 aromatic heterocycles. The molecule has 0 fully saturated rings. The zero-order valence-electron chi connectivity index (χ0n) is 17.5. The number of benzene rings is 1. The monoisotopic (exact) mass is 404 g/mol. The van der Waals surface area contributed by atoms with E-state index in [0.717, 1.165) is 5.56 Å². The average Bonchev–Trinajstić information content (AvgIpc) is 2.64. The molecule has 0 saturated heterocycles. The number of carbonyl (C=O) groups excluding carboxylic acids is 3. The third-order valence-corrected chi connectivity index (χ3v) is 4.32. The van der Waals surface area contributed by atoms with Crippen LogP contribution in [0.25, 0.3) is 0 Å². The van der Waals surface area contributed by atoms with Crippen LogP contribution >= 0.6 is 0 Å². The number of hydrogen-bond acceptors (Lipinski definition) is 6. The van der Waals surface area contributed by atoms with Gasteiger partial charge in [0.2, 0.25) is 0 Å². The van der Waals surface area contributed by atoms with Crippen molar-refractivity contribution in [1.82, 2.24) is 10.6 Å². The van der Waals surface area contributed by atoms with Gasteiger partial charge >= 0.3 is 18.0 Å². The Balaban J connectivity index is 1.95. The number of amides is 2. The van der Waals surface area contributed by atoms with E-state index in [-0.39, 0.29) is 36.5 Å². The van der Waals surface area contributed by atoms with E-state index in [1.54, 1.807) is 26.0 Å². The molecule has 0 bridgehead atoms. The smallest absolute Gasteiger partial charge is 0.344 e. The predicted molar refractivity (Wildman–Crippen MR) is 106 cm³/mol. The maximum atomic E-state index is 12.1. The van der Waals surface area contributed by atoms with Gasteiger partial charge in [-0.1, -0.05) is 32.9 Å². The fraction of sp³-hybridized carbons (Fsp3) is 0.476. The molecule has 0 aliphatic carbocycles. The second kappa shape index (κ2) is 9.45. The highest BCUT2D eigenvalue weighted by Gasteiger charge is 2.30. The lowest BCUT2D eigenvalue weighted by molar-refractivity contribution is -0.145. The molecule has 1 aromatic rings. The van der Waals surface area contributed by atoms with Crippen LogP contribution in [0.15, 0.2) is 35.5 Å². The number of carbonyl (C=O) groups is 3. The van der Waals surface area contributed by atoms with Gasteiger partial charge in [-0.3, -0.25) is 0 Å². The van der Waals surface area contributed by atoms with Gasteiger partial charge < -0.3 is 24.8 Å². The third kappa shape index (κ3) is 6.23. The van der Waals surface area contributed by atoms with E-state index in [2.05, 4.69) is 31.4 Å². The summed E-state index contributed by atoms with van der Waals surface area (Å²) in [6, 6.07) is 6.45. The van der Waals surface area contributed by atoms with Crippen molar-refractivity contribution in [3.63, 3.8) is 0 Å². The minimum Gasteiger partial charge on any atom is -0.482 e. The summed E-state index contributed by atoms with van der Waals surface area (Å²) in [5.41, 5.74) is 1.60. The van der Waals surface area contributed by atoms with E-state index in [9.17, 15) is 14.4 Å². The highest BCUT2D eigenvalue weighted by Crippen LogP contribution is 2.24. The molecule has 8 nitrogen and oxygen atoms in total. The molecular weight excluding hydrogens is 376 g/mol. The Morgan fingerprint density at radius 2 is 1.76 bits per heavy atom. The Morgan fingerprint density at radius 1 is 1.10 bits per heavy atom. The standard InChI is InChI=1S/C21H28N2O6/c1-6-27-19(25)18-13(2)22-20(26)23-16(18)11-29-17(24)12-28-15-9-7-14(8-10-15)21(3,4)5/h7-10,13H,6,11-12H2,1-5H3,(H2,22,23,26)/t13-/m1/s1. The lowest BCUT2D eigenvalue weighted by Crippen LogP contribution is -2.50. The van der Waals surface area contributed by atoms with E-state index < -0.39 is 24.0 Å². The van der Waals surface area contributed by atoms with E-state index in [0.29, 0.717) is 5.75 Å². The maximum Gasteiger partial charge on any atom is 0.344 e. The van der Waals surface area contributed by atoms with Gasteiger partial charge in [-0.15, -0.1) is 0 Å². The molecule has 1 aromatic carbocycles. The quantitative estimate of drug-likeness (QED) is 0.677. The summed E-state index contributed by atoms with van der Waals surface area (Å²) in [5, 5.41) is 5.07. The average molecular weight is 404 g/mol. The summed E-state index contributed by atoms with van der Waals surface area (Å²) in [6.45, 7) is 9.30. The van der Waals surface area contributed by atoms with Crippen LogP contribution in [0.4, 0.5) is 4.79 Å². The summed E-state index contributed by atoms with van der Waals surface area (Å²) in [7, 11) is 0. The first kappa shape index (κ1) is 22.3. The van der Waals surface area contributed by atoms with Crippen LogP contribution in [0.3, 0.4) is 0 Å². The molecule has 1 aliphatic heterocycles. The van der Waals surface area contributed by atoms with Crippen molar-refractivity contribution >= 4 is 18.0 Å². The highest BCUT2D eigenvalue weighted by molar-refractivity contribution is 5.94. The second-order valence-electron chi connectivity index (χ2n) is 7.66. The Hall–Kier alpha value is -3.03. The van der Waals surface area contributed by atoms with Crippen LogP contribution in [0, 0.1) is 0 Å². The van der Waals surface area contributed by atoms with Crippen LogP contribution < -0.4 is 15.4 Å². The zero-order chi connectivity index (χ0) is 21.6. The molecule has 0 spiro atoms. The topological polar surface area (TPSA) is 103 Å². The van der Waals surface area contributed by atoms with Gasteiger partial charge in [-0.25, -0.2) is 14.4 Å². The summed E-state index contributed by atoms with van der Waals surface area (Å²) >= 11 is 0. The molecule has 1 heterocycles. The number of esters is 2. The first-order chi connectivity index (χ1) is 13.6. The second-order valence-corrected chi connectivity index (χ2v) is 7.66. The predicted octanol–water partition coefficient (Wildman–Crippen LogP) is 2.42. The molecule has 8 heteroatoms. The number of urea groups is 1. The molecule has 0 saturated carbocycles. The fourth-order valence-corrected chi connectivity index (χ4v) is 2.78. The Kier molecular flexibility index (Phi) is 7.25. The fourth-order valence-electron chi connectivity index (χ4n) is 2.78. The lowest BCUT2D eigenvalue weighted by Gasteiger charge is -2.26. The van der Waals surface area contributed by atoms with Crippen molar-refractivity contribution in [3.8, 4) is 5.75 Å². The van der Waals surface area contributed by atoms with Gasteiger partial charge in [0.1, 0.15) is 12.4 Å². The van der Waals surface area contributed by atoms with Crippen molar-refractivity contribution in [2.45, 2.75) is 46.1 Å².